The first-order valence-electron chi connectivity index (χ1n) is 9.34. The highest BCUT2D eigenvalue weighted by molar-refractivity contribution is 7.89. The zero-order valence-corrected chi connectivity index (χ0v) is 17.1. The number of halogens is 1. The van der Waals surface area contributed by atoms with Crippen LogP contribution in [0.25, 0.3) is 0 Å². The van der Waals surface area contributed by atoms with Crippen molar-refractivity contribution >= 4 is 15.9 Å². The molecule has 0 spiro atoms. The van der Waals surface area contributed by atoms with Crippen LogP contribution in [0.5, 0.6) is 5.75 Å². The molecule has 10 heteroatoms. The standard InChI is InChI=1S/C20H23FN2O6S/c1-13-10-15(21)3-2-14(13)12-29-17-5-7-18(8-6-17)30(27,28)23-11-16(24)4-9-19(23)20(25)22-26/h2-3,5-8,10,16,19,24,26H,4,9,11-12H2,1H3,(H,22,25)/t16-,19-/m1/s1. The largest absolute Gasteiger partial charge is 0.489 e. The van der Waals surface area contributed by atoms with Crippen LogP contribution in [-0.2, 0) is 21.4 Å². The molecule has 0 aromatic heterocycles. The third-order valence-electron chi connectivity index (χ3n) is 5.05. The molecule has 2 aromatic rings. The normalized spacial score (nSPS) is 20.0. The first kappa shape index (κ1) is 22.2. The number of hydrogen-bond donors (Lipinski definition) is 3. The van der Waals surface area contributed by atoms with Crippen LogP contribution < -0.4 is 10.2 Å². The second-order valence-corrected chi connectivity index (χ2v) is 9.02. The van der Waals surface area contributed by atoms with Gasteiger partial charge >= 0.3 is 0 Å². The van der Waals surface area contributed by atoms with Crippen LogP contribution in [-0.4, -0.2) is 47.6 Å². The summed E-state index contributed by atoms with van der Waals surface area (Å²) in [4.78, 5) is 11.8. The minimum absolute atomic E-state index is 0.0716. The van der Waals surface area contributed by atoms with E-state index in [9.17, 15) is 22.7 Å². The molecule has 0 aliphatic carbocycles. The Morgan fingerprint density at radius 2 is 1.93 bits per heavy atom. The Morgan fingerprint density at radius 3 is 2.57 bits per heavy atom. The summed E-state index contributed by atoms with van der Waals surface area (Å²) >= 11 is 0. The minimum atomic E-state index is -4.09. The number of amides is 1. The van der Waals surface area contributed by atoms with Gasteiger partial charge in [0, 0.05) is 6.54 Å². The number of ether oxygens (including phenoxy) is 1. The number of rotatable bonds is 6. The lowest BCUT2D eigenvalue weighted by atomic mass is 10.0. The Bertz CT molecular complexity index is 1010. The second-order valence-electron chi connectivity index (χ2n) is 7.13. The molecule has 1 heterocycles. The Hall–Kier alpha value is -2.53. The summed E-state index contributed by atoms with van der Waals surface area (Å²) in [7, 11) is -4.09. The number of carbonyl (C=O) groups excluding carboxylic acids is 1. The molecule has 1 aliphatic heterocycles. The molecule has 3 N–H and O–H groups in total. The van der Waals surface area contributed by atoms with Crippen LogP contribution in [0.15, 0.2) is 47.4 Å². The minimum Gasteiger partial charge on any atom is -0.489 e. The third kappa shape index (κ3) is 4.78. The smallest absolute Gasteiger partial charge is 0.261 e. The molecule has 0 unspecified atom stereocenters. The monoisotopic (exact) mass is 438 g/mol. The summed E-state index contributed by atoms with van der Waals surface area (Å²) in [5, 5.41) is 18.8. The molecular formula is C20H23FN2O6S. The quantitative estimate of drug-likeness (QED) is 0.467. The number of benzene rings is 2. The fourth-order valence-electron chi connectivity index (χ4n) is 3.35. The van der Waals surface area contributed by atoms with Crippen LogP contribution in [0.1, 0.15) is 24.0 Å². The number of hydrogen-bond acceptors (Lipinski definition) is 6. The highest BCUT2D eigenvalue weighted by Gasteiger charge is 2.40. The summed E-state index contributed by atoms with van der Waals surface area (Å²) in [5.74, 6) is -0.761. The van der Waals surface area contributed by atoms with Crippen LogP contribution in [0, 0.1) is 12.7 Å². The van der Waals surface area contributed by atoms with Gasteiger partial charge in [-0.15, -0.1) is 0 Å². The maximum atomic E-state index is 13.2. The molecular weight excluding hydrogens is 415 g/mol. The van der Waals surface area contributed by atoms with E-state index in [1.807, 2.05) is 0 Å². The molecule has 3 rings (SSSR count). The van der Waals surface area contributed by atoms with Gasteiger partial charge in [-0.3, -0.25) is 10.0 Å². The predicted octanol–water partition coefficient (Wildman–Crippen LogP) is 1.73. The van der Waals surface area contributed by atoms with Gasteiger partial charge in [-0.25, -0.2) is 18.3 Å². The average molecular weight is 438 g/mol. The number of sulfonamides is 1. The maximum absolute atomic E-state index is 13.2. The maximum Gasteiger partial charge on any atom is 0.261 e. The predicted molar refractivity (Wildman–Crippen MR) is 105 cm³/mol. The summed E-state index contributed by atoms with van der Waals surface area (Å²) < 4.78 is 45.7. The topological polar surface area (TPSA) is 116 Å². The molecule has 0 radical (unpaired) electrons. The van der Waals surface area contributed by atoms with Crippen molar-refractivity contribution in [2.75, 3.05) is 6.54 Å². The van der Waals surface area contributed by atoms with E-state index in [-0.39, 0.29) is 36.7 Å². The van der Waals surface area contributed by atoms with Crippen LogP contribution in [0.4, 0.5) is 4.39 Å². The van der Waals surface area contributed by atoms with Crippen molar-refractivity contribution in [3.05, 3.63) is 59.4 Å². The zero-order valence-electron chi connectivity index (χ0n) is 16.3. The van der Waals surface area contributed by atoms with E-state index in [2.05, 4.69) is 0 Å². The number of nitrogens with one attached hydrogen (secondary N) is 1. The number of carbonyl (C=O) groups is 1. The zero-order chi connectivity index (χ0) is 21.9. The molecule has 0 saturated carbocycles. The van der Waals surface area contributed by atoms with Crippen LogP contribution in [0.2, 0.25) is 0 Å². The molecule has 2 aromatic carbocycles. The highest BCUT2D eigenvalue weighted by atomic mass is 32.2. The van der Waals surface area contributed by atoms with Gasteiger partial charge in [0.15, 0.2) is 0 Å². The van der Waals surface area contributed by atoms with E-state index >= 15 is 0 Å². The molecule has 1 fully saturated rings. The molecule has 1 amide bonds. The molecule has 0 bridgehead atoms. The van der Waals surface area contributed by atoms with Gasteiger partial charge in [0.25, 0.3) is 5.91 Å². The summed E-state index contributed by atoms with van der Waals surface area (Å²) in [6.45, 7) is 1.71. The fourth-order valence-corrected chi connectivity index (χ4v) is 5.00. The summed E-state index contributed by atoms with van der Waals surface area (Å²) in [5.41, 5.74) is 3.02. The van der Waals surface area contributed by atoms with Crippen LogP contribution in [0.3, 0.4) is 0 Å². The van der Waals surface area contributed by atoms with E-state index in [1.54, 1.807) is 13.0 Å². The molecule has 1 aliphatic rings. The first-order valence-corrected chi connectivity index (χ1v) is 10.8. The van der Waals surface area contributed by atoms with E-state index < -0.39 is 28.1 Å². The van der Waals surface area contributed by atoms with Gasteiger partial charge in [-0.1, -0.05) is 6.07 Å². The van der Waals surface area contributed by atoms with Gasteiger partial charge in [-0.2, -0.15) is 4.31 Å². The number of β-amino-alcohol motifs (C(OH)–C–C–N with tert-alkyl or cyclic N) is 1. The Balaban J connectivity index is 1.75. The fraction of sp³-hybridized carbons (Fsp3) is 0.350. The van der Waals surface area contributed by atoms with Crippen molar-refractivity contribution in [2.24, 2.45) is 0 Å². The Labute approximate surface area is 173 Å². The number of nitrogens with zero attached hydrogens (tertiary/aromatic N) is 1. The second kappa shape index (κ2) is 9.09. The number of aliphatic hydroxyl groups is 1. The Kier molecular flexibility index (Phi) is 6.71. The lowest BCUT2D eigenvalue weighted by molar-refractivity contribution is -0.135. The molecule has 30 heavy (non-hydrogen) atoms. The van der Waals surface area contributed by atoms with Crippen molar-refractivity contribution in [3.8, 4) is 5.75 Å². The van der Waals surface area contributed by atoms with Gasteiger partial charge in [-0.05, 0) is 67.3 Å². The molecule has 162 valence electrons. The first-order chi connectivity index (χ1) is 14.2. The highest BCUT2D eigenvalue weighted by Crippen LogP contribution is 2.27. The van der Waals surface area contributed by atoms with E-state index in [4.69, 9.17) is 9.94 Å². The average Bonchev–Trinajstić information content (AvgIpc) is 2.73. The van der Waals surface area contributed by atoms with Crippen molar-refractivity contribution in [1.82, 2.24) is 9.79 Å². The van der Waals surface area contributed by atoms with Gasteiger partial charge in [0.05, 0.1) is 11.0 Å². The number of hydroxylamine groups is 1. The Morgan fingerprint density at radius 1 is 1.23 bits per heavy atom. The SMILES string of the molecule is Cc1cc(F)ccc1COc1ccc(S(=O)(=O)N2C[C@H](O)CC[C@@H]2C(=O)NO)cc1. The van der Waals surface area contributed by atoms with Gasteiger partial charge < -0.3 is 9.84 Å². The third-order valence-corrected chi connectivity index (χ3v) is 6.94. The summed E-state index contributed by atoms with van der Waals surface area (Å²) in [6.07, 6.45) is -0.561. The van der Waals surface area contributed by atoms with Crippen molar-refractivity contribution in [3.63, 3.8) is 0 Å². The van der Waals surface area contributed by atoms with Crippen molar-refractivity contribution in [2.45, 2.75) is 43.4 Å². The molecule has 2 atom stereocenters. The molecule has 1 saturated heterocycles. The van der Waals surface area contributed by atoms with Gasteiger partial charge in [0.1, 0.15) is 24.2 Å². The van der Waals surface area contributed by atoms with E-state index in [1.165, 1.54) is 41.9 Å². The van der Waals surface area contributed by atoms with Gasteiger partial charge in [0.2, 0.25) is 10.0 Å². The van der Waals surface area contributed by atoms with Crippen molar-refractivity contribution < 1.29 is 32.7 Å². The van der Waals surface area contributed by atoms with Crippen LogP contribution >= 0.6 is 0 Å². The number of aliphatic hydroxyl groups excluding tert-OH is 1. The number of piperidine rings is 1. The van der Waals surface area contributed by atoms with Crippen molar-refractivity contribution in [1.29, 1.82) is 0 Å². The number of aryl methyl sites for hydroxylation is 1. The molecule has 8 nitrogen and oxygen atoms in total. The lowest BCUT2D eigenvalue weighted by Gasteiger charge is -2.35. The lowest BCUT2D eigenvalue weighted by Crippen LogP contribution is -2.54. The van der Waals surface area contributed by atoms with E-state index in [0.717, 1.165) is 15.4 Å². The summed E-state index contributed by atoms with van der Waals surface area (Å²) in [6, 6.07) is 8.90. The van der Waals surface area contributed by atoms with E-state index in [0.29, 0.717) is 5.75 Å².